The van der Waals surface area contributed by atoms with Crippen molar-refractivity contribution in [3.05, 3.63) is 102 Å². The molecular weight excluding hydrogens is 495 g/mol. The summed E-state index contributed by atoms with van der Waals surface area (Å²) in [5.74, 6) is -0.964. The van der Waals surface area contributed by atoms with Gasteiger partial charge in [-0.05, 0) is 54.6 Å². The van der Waals surface area contributed by atoms with Crippen LogP contribution in [0.15, 0.2) is 90.0 Å². The third-order valence-corrected chi connectivity index (χ3v) is 7.61. The number of carbonyl (C=O) groups is 2. The predicted octanol–water partition coefficient (Wildman–Crippen LogP) is 3.77. The number of amides is 2. The molecule has 0 unspecified atom stereocenters. The van der Waals surface area contributed by atoms with E-state index in [-0.39, 0.29) is 22.3 Å². The average molecular weight is 519 g/mol. The topological polar surface area (TPSA) is 99.7 Å². The number of sulfonamides is 1. The molecule has 1 aromatic heterocycles. The summed E-state index contributed by atoms with van der Waals surface area (Å²) in [6.07, 6.45) is 1.54. The molecule has 5 rings (SSSR count). The van der Waals surface area contributed by atoms with E-state index in [2.05, 4.69) is 9.71 Å². The van der Waals surface area contributed by atoms with Crippen LogP contribution in [0.1, 0.15) is 20.7 Å². The van der Waals surface area contributed by atoms with Crippen molar-refractivity contribution in [1.82, 2.24) is 14.8 Å². The van der Waals surface area contributed by atoms with E-state index < -0.39 is 15.8 Å². The van der Waals surface area contributed by atoms with Gasteiger partial charge in [-0.15, -0.1) is 0 Å². The standard InChI is InChI=1S/C27H23FN4O4S/c28-22-7-1-5-21(18-22)27(34)32-16-14-31(15-17-32)26(33)20-9-11-23(12-10-20)30-37(35,36)24-8-2-4-19-6-3-13-29-25(19)24/h1-13,18,30H,14-17H2. The van der Waals surface area contributed by atoms with E-state index in [1.165, 1.54) is 36.4 Å². The van der Waals surface area contributed by atoms with Crippen molar-refractivity contribution in [3.8, 4) is 0 Å². The number of aromatic nitrogens is 1. The molecule has 0 aliphatic carbocycles. The maximum absolute atomic E-state index is 13.5. The number of pyridine rings is 1. The van der Waals surface area contributed by atoms with Crippen LogP contribution in [0.3, 0.4) is 0 Å². The number of fused-ring (bicyclic) bond motifs is 1. The number of nitrogens with zero attached hydrogens (tertiary/aromatic N) is 3. The molecule has 0 atom stereocenters. The van der Waals surface area contributed by atoms with Crippen LogP contribution in [0.25, 0.3) is 10.9 Å². The van der Waals surface area contributed by atoms with Gasteiger partial charge in [0.05, 0.1) is 5.52 Å². The highest BCUT2D eigenvalue weighted by Crippen LogP contribution is 2.24. The van der Waals surface area contributed by atoms with E-state index in [1.54, 1.807) is 58.5 Å². The maximum atomic E-state index is 13.5. The van der Waals surface area contributed by atoms with E-state index in [4.69, 9.17) is 0 Å². The zero-order valence-electron chi connectivity index (χ0n) is 19.7. The summed E-state index contributed by atoms with van der Waals surface area (Å²) in [5.41, 5.74) is 1.37. The van der Waals surface area contributed by atoms with E-state index in [9.17, 15) is 22.4 Å². The van der Waals surface area contributed by atoms with Crippen molar-refractivity contribution in [2.24, 2.45) is 0 Å². The molecule has 3 aromatic carbocycles. The quantitative estimate of drug-likeness (QED) is 0.434. The molecule has 0 spiro atoms. The Bertz CT molecular complexity index is 1580. The lowest BCUT2D eigenvalue weighted by atomic mass is 10.1. The molecule has 1 aliphatic heterocycles. The van der Waals surface area contributed by atoms with Crippen LogP contribution >= 0.6 is 0 Å². The second-order valence-corrected chi connectivity index (χ2v) is 10.3. The van der Waals surface area contributed by atoms with Crippen LogP contribution in [-0.4, -0.2) is 61.2 Å². The predicted molar refractivity (Wildman–Crippen MR) is 137 cm³/mol. The molecule has 1 N–H and O–H groups in total. The molecule has 0 bridgehead atoms. The molecule has 1 saturated heterocycles. The molecule has 0 saturated carbocycles. The highest BCUT2D eigenvalue weighted by molar-refractivity contribution is 7.93. The minimum Gasteiger partial charge on any atom is -0.335 e. The highest BCUT2D eigenvalue weighted by atomic mass is 32.2. The maximum Gasteiger partial charge on any atom is 0.264 e. The van der Waals surface area contributed by atoms with Crippen molar-refractivity contribution in [2.45, 2.75) is 4.90 Å². The summed E-state index contributed by atoms with van der Waals surface area (Å²) in [5, 5.41) is 0.712. The number of para-hydroxylation sites is 1. The first-order valence-corrected chi connectivity index (χ1v) is 13.1. The molecule has 1 fully saturated rings. The highest BCUT2D eigenvalue weighted by Gasteiger charge is 2.26. The lowest BCUT2D eigenvalue weighted by Gasteiger charge is -2.35. The van der Waals surface area contributed by atoms with Crippen LogP contribution in [0.5, 0.6) is 0 Å². The zero-order valence-corrected chi connectivity index (χ0v) is 20.5. The fourth-order valence-corrected chi connectivity index (χ4v) is 5.52. The molecule has 8 nitrogen and oxygen atoms in total. The first-order valence-electron chi connectivity index (χ1n) is 11.6. The van der Waals surface area contributed by atoms with Gasteiger partial charge < -0.3 is 9.80 Å². The average Bonchev–Trinajstić information content (AvgIpc) is 2.92. The van der Waals surface area contributed by atoms with Gasteiger partial charge >= 0.3 is 0 Å². The van der Waals surface area contributed by atoms with Crippen LogP contribution < -0.4 is 4.72 Å². The monoisotopic (exact) mass is 518 g/mol. The van der Waals surface area contributed by atoms with Crippen LogP contribution in [0.4, 0.5) is 10.1 Å². The smallest absolute Gasteiger partial charge is 0.264 e. The number of carbonyl (C=O) groups excluding carboxylic acids is 2. The number of halogens is 1. The SMILES string of the molecule is O=C(c1ccc(NS(=O)(=O)c2cccc3cccnc23)cc1)N1CCN(C(=O)c2cccc(F)c2)CC1. The molecule has 10 heteroatoms. The van der Waals surface area contributed by atoms with E-state index in [0.717, 1.165) is 0 Å². The summed E-state index contributed by atoms with van der Waals surface area (Å²) >= 11 is 0. The summed E-state index contributed by atoms with van der Waals surface area (Å²) in [4.78, 5) is 33.1. The fraction of sp³-hybridized carbons (Fsp3) is 0.148. The van der Waals surface area contributed by atoms with Crippen LogP contribution in [-0.2, 0) is 10.0 Å². The van der Waals surface area contributed by atoms with E-state index in [1.807, 2.05) is 0 Å². The Kier molecular flexibility index (Phi) is 6.58. The van der Waals surface area contributed by atoms with Gasteiger partial charge in [-0.1, -0.05) is 24.3 Å². The molecule has 2 amide bonds. The second kappa shape index (κ2) is 9.98. The Balaban J connectivity index is 1.23. The number of benzene rings is 3. The van der Waals surface area contributed by atoms with Gasteiger partial charge in [0.2, 0.25) is 0 Å². The van der Waals surface area contributed by atoms with Crippen LogP contribution in [0, 0.1) is 5.82 Å². The number of hydrogen-bond acceptors (Lipinski definition) is 5. The summed E-state index contributed by atoms with van der Waals surface area (Å²) in [6.45, 7) is 1.33. The molecule has 4 aromatic rings. The van der Waals surface area contributed by atoms with Gasteiger partial charge in [-0.2, -0.15) is 0 Å². The van der Waals surface area contributed by atoms with Gasteiger partial charge in [0.15, 0.2) is 0 Å². The normalized spacial score (nSPS) is 14.0. The van der Waals surface area contributed by atoms with Crippen molar-refractivity contribution in [2.75, 3.05) is 30.9 Å². The Hall–Kier alpha value is -4.31. The second-order valence-electron chi connectivity index (χ2n) is 8.61. The number of hydrogen-bond donors (Lipinski definition) is 1. The fourth-order valence-electron chi connectivity index (χ4n) is 4.28. The lowest BCUT2D eigenvalue weighted by molar-refractivity contribution is 0.0535. The van der Waals surface area contributed by atoms with E-state index in [0.29, 0.717) is 48.3 Å². The third-order valence-electron chi connectivity index (χ3n) is 6.19. The number of anilines is 1. The minimum atomic E-state index is -3.90. The molecule has 1 aliphatic rings. The summed E-state index contributed by atoms with van der Waals surface area (Å²) in [6, 6.07) is 20.2. The molecular formula is C27H23FN4O4S. The molecule has 2 heterocycles. The zero-order chi connectivity index (χ0) is 26.0. The van der Waals surface area contributed by atoms with Gasteiger partial charge in [0.25, 0.3) is 21.8 Å². The summed E-state index contributed by atoms with van der Waals surface area (Å²) in [7, 11) is -3.90. The van der Waals surface area contributed by atoms with Gasteiger partial charge in [0.1, 0.15) is 10.7 Å². The number of nitrogens with one attached hydrogen (secondary N) is 1. The first-order chi connectivity index (χ1) is 17.8. The number of piperazine rings is 1. The minimum absolute atomic E-state index is 0.0661. The van der Waals surface area contributed by atoms with Crippen LogP contribution in [0.2, 0.25) is 0 Å². The Labute approximate surface area is 213 Å². The largest absolute Gasteiger partial charge is 0.335 e. The molecule has 37 heavy (non-hydrogen) atoms. The molecule has 188 valence electrons. The summed E-state index contributed by atoms with van der Waals surface area (Å²) < 4.78 is 42.0. The Morgan fingerprint density at radius 3 is 2.08 bits per heavy atom. The van der Waals surface area contributed by atoms with Crippen molar-refractivity contribution in [3.63, 3.8) is 0 Å². The first kappa shape index (κ1) is 24.4. The van der Waals surface area contributed by atoms with Crippen molar-refractivity contribution >= 4 is 38.4 Å². The van der Waals surface area contributed by atoms with Gasteiger partial charge in [-0.3, -0.25) is 19.3 Å². The third kappa shape index (κ3) is 5.14. The van der Waals surface area contributed by atoms with E-state index >= 15 is 0 Å². The Morgan fingerprint density at radius 2 is 1.41 bits per heavy atom. The number of rotatable bonds is 5. The van der Waals surface area contributed by atoms with Crippen molar-refractivity contribution in [1.29, 1.82) is 0 Å². The van der Waals surface area contributed by atoms with Gasteiger partial charge in [0, 0.05) is 54.6 Å². The lowest BCUT2D eigenvalue weighted by Crippen LogP contribution is -2.50. The van der Waals surface area contributed by atoms with Gasteiger partial charge in [-0.25, -0.2) is 12.8 Å². The molecule has 0 radical (unpaired) electrons. The Morgan fingerprint density at radius 1 is 0.784 bits per heavy atom. The van der Waals surface area contributed by atoms with Crippen molar-refractivity contribution < 1.29 is 22.4 Å².